The van der Waals surface area contributed by atoms with E-state index in [0.29, 0.717) is 12.4 Å². The third-order valence-electron chi connectivity index (χ3n) is 3.24. The van der Waals surface area contributed by atoms with Gasteiger partial charge < -0.3 is 15.0 Å². The van der Waals surface area contributed by atoms with E-state index in [4.69, 9.17) is 0 Å². The van der Waals surface area contributed by atoms with Gasteiger partial charge in [0.2, 0.25) is 5.88 Å². The molecule has 0 radical (unpaired) electrons. The van der Waals surface area contributed by atoms with Crippen LogP contribution in [-0.4, -0.2) is 29.9 Å². The van der Waals surface area contributed by atoms with Crippen LogP contribution in [0.15, 0.2) is 36.4 Å². The number of nitrogens with zero attached hydrogens (tertiary/aromatic N) is 3. The van der Waals surface area contributed by atoms with E-state index >= 15 is 0 Å². The van der Waals surface area contributed by atoms with Crippen molar-refractivity contribution in [2.75, 3.05) is 23.3 Å². The highest BCUT2D eigenvalue weighted by atomic mass is 19.3. The molecule has 0 saturated carbocycles. The van der Waals surface area contributed by atoms with Gasteiger partial charge in [0.05, 0.1) is 0 Å². The number of alkyl halides is 2. The molecule has 1 N–H and O–H groups in total. The van der Waals surface area contributed by atoms with Crippen molar-refractivity contribution in [2.45, 2.75) is 13.2 Å². The van der Waals surface area contributed by atoms with Crippen molar-refractivity contribution < 1.29 is 13.5 Å². The second-order valence-corrected chi connectivity index (χ2v) is 4.61. The molecule has 1 aromatic heterocycles. The van der Waals surface area contributed by atoms with Gasteiger partial charge in [-0.25, -0.2) is 0 Å². The molecule has 2 aromatic rings. The summed E-state index contributed by atoms with van der Waals surface area (Å²) in [5, 5.41) is 11.0. The maximum atomic E-state index is 12.1. The molecule has 3 rings (SSSR count). The van der Waals surface area contributed by atoms with E-state index in [0.717, 1.165) is 24.3 Å². The first-order chi connectivity index (χ1) is 10.2. The summed E-state index contributed by atoms with van der Waals surface area (Å²) >= 11 is 0. The molecule has 2 heterocycles. The molecule has 0 bridgehead atoms. The number of fused-ring (bicyclic) bond motifs is 1. The molecule has 5 nitrogen and oxygen atoms in total. The number of hydrogen-bond acceptors (Lipinski definition) is 5. The number of hydrogen-bond donors (Lipinski definition) is 1. The topological polar surface area (TPSA) is 50.3 Å². The van der Waals surface area contributed by atoms with Crippen LogP contribution in [0.3, 0.4) is 0 Å². The van der Waals surface area contributed by atoms with Crippen LogP contribution in [0.5, 0.6) is 5.88 Å². The number of anilines is 2. The molecular weight excluding hydrogens is 278 g/mol. The molecule has 0 fully saturated rings. The molecule has 21 heavy (non-hydrogen) atoms. The minimum absolute atomic E-state index is 0.179. The quantitative estimate of drug-likeness (QED) is 0.942. The van der Waals surface area contributed by atoms with Gasteiger partial charge in [-0.2, -0.15) is 8.78 Å². The number of para-hydroxylation sites is 1. The highest BCUT2D eigenvalue weighted by Crippen LogP contribution is 2.23. The van der Waals surface area contributed by atoms with E-state index in [2.05, 4.69) is 20.3 Å². The number of nitrogens with one attached hydrogen (secondary N) is 1. The van der Waals surface area contributed by atoms with Gasteiger partial charge in [0, 0.05) is 31.4 Å². The Hall–Kier alpha value is -2.44. The molecule has 0 aliphatic carbocycles. The number of aromatic nitrogens is 2. The minimum atomic E-state index is -2.89. The lowest BCUT2D eigenvalue weighted by Gasteiger charge is -2.20. The average molecular weight is 292 g/mol. The van der Waals surface area contributed by atoms with Crippen LogP contribution in [-0.2, 0) is 6.54 Å². The van der Waals surface area contributed by atoms with Gasteiger partial charge in [0.25, 0.3) is 0 Å². The highest BCUT2D eigenvalue weighted by Gasteiger charge is 2.16. The molecule has 0 amide bonds. The first-order valence-electron chi connectivity index (χ1n) is 6.57. The van der Waals surface area contributed by atoms with Crippen molar-refractivity contribution >= 4 is 11.5 Å². The van der Waals surface area contributed by atoms with Crippen LogP contribution in [0, 0.1) is 0 Å². The Morgan fingerprint density at radius 3 is 2.76 bits per heavy atom. The largest absolute Gasteiger partial charge is 0.415 e. The van der Waals surface area contributed by atoms with Crippen LogP contribution in [0.1, 0.15) is 5.56 Å². The fourth-order valence-electron chi connectivity index (χ4n) is 2.27. The lowest BCUT2D eigenvalue weighted by atomic mass is 10.2. The minimum Gasteiger partial charge on any atom is -0.415 e. The van der Waals surface area contributed by atoms with Crippen molar-refractivity contribution in [3.63, 3.8) is 0 Å². The standard InChI is InChI=1S/C14H14F2N4O/c15-14(16)21-13-6-5-12(18-19-13)20-8-7-17-11-4-2-1-3-10(11)9-20/h1-6,14,17H,7-9H2. The first kappa shape index (κ1) is 13.5. The van der Waals surface area contributed by atoms with Crippen molar-refractivity contribution in [1.82, 2.24) is 10.2 Å². The first-order valence-corrected chi connectivity index (χ1v) is 6.57. The van der Waals surface area contributed by atoms with Gasteiger partial charge in [-0.15, -0.1) is 10.2 Å². The summed E-state index contributed by atoms with van der Waals surface area (Å²) in [5.41, 5.74) is 2.26. The van der Waals surface area contributed by atoms with Gasteiger partial charge in [-0.1, -0.05) is 18.2 Å². The summed E-state index contributed by atoms with van der Waals surface area (Å²) in [6.45, 7) is -0.682. The smallest absolute Gasteiger partial charge is 0.388 e. The lowest BCUT2D eigenvalue weighted by molar-refractivity contribution is -0.0534. The zero-order chi connectivity index (χ0) is 14.7. The zero-order valence-electron chi connectivity index (χ0n) is 11.2. The van der Waals surface area contributed by atoms with Crippen molar-refractivity contribution in [3.05, 3.63) is 42.0 Å². The molecule has 7 heteroatoms. The molecule has 110 valence electrons. The maximum absolute atomic E-state index is 12.1. The summed E-state index contributed by atoms with van der Waals surface area (Å²) < 4.78 is 28.4. The summed E-state index contributed by atoms with van der Waals surface area (Å²) in [7, 11) is 0. The Morgan fingerprint density at radius 1 is 1.14 bits per heavy atom. The van der Waals surface area contributed by atoms with E-state index in [1.807, 2.05) is 29.2 Å². The van der Waals surface area contributed by atoms with Crippen LogP contribution in [0.4, 0.5) is 20.3 Å². The SMILES string of the molecule is FC(F)Oc1ccc(N2CCNc3ccccc3C2)nn1. The van der Waals surface area contributed by atoms with Crippen molar-refractivity contribution in [1.29, 1.82) is 0 Å². The average Bonchev–Trinajstić information content (AvgIpc) is 2.69. The van der Waals surface area contributed by atoms with E-state index in [1.165, 1.54) is 6.07 Å². The van der Waals surface area contributed by atoms with Crippen LogP contribution in [0.25, 0.3) is 0 Å². The third kappa shape index (κ3) is 3.18. The van der Waals surface area contributed by atoms with Gasteiger partial charge in [-0.05, 0) is 17.7 Å². The van der Waals surface area contributed by atoms with E-state index < -0.39 is 6.61 Å². The summed E-state index contributed by atoms with van der Waals surface area (Å²) in [5.74, 6) is 0.456. The lowest BCUT2D eigenvalue weighted by Crippen LogP contribution is -2.26. The van der Waals surface area contributed by atoms with Crippen LogP contribution >= 0.6 is 0 Å². The second kappa shape index (κ2) is 5.90. The molecular formula is C14H14F2N4O. The Labute approximate surface area is 120 Å². The molecule has 0 saturated heterocycles. The molecule has 1 aliphatic heterocycles. The van der Waals surface area contributed by atoms with Crippen molar-refractivity contribution in [2.24, 2.45) is 0 Å². The Bertz CT molecular complexity index is 606. The number of rotatable bonds is 3. The normalized spacial score (nSPS) is 14.3. The highest BCUT2D eigenvalue weighted by molar-refractivity contribution is 5.55. The molecule has 0 atom stereocenters. The maximum Gasteiger partial charge on any atom is 0.388 e. The number of halogens is 2. The van der Waals surface area contributed by atoms with Gasteiger partial charge in [0.15, 0.2) is 5.82 Å². The van der Waals surface area contributed by atoms with Gasteiger partial charge >= 0.3 is 6.61 Å². The zero-order valence-corrected chi connectivity index (χ0v) is 11.2. The van der Waals surface area contributed by atoms with E-state index in [1.54, 1.807) is 6.07 Å². The van der Waals surface area contributed by atoms with E-state index in [9.17, 15) is 8.78 Å². The number of benzene rings is 1. The summed E-state index contributed by atoms with van der Waals surface area (Å²) in [6, 6.07) is 11.1. The predicted octanol–water partition coefficient (Wildman–Crippen LogP) is 2.51. The Balaban J connectivity index is 1.77. The van der Waals surface area contributed by atoms with E-state index in [-0.39, 0.29) is 5.88 Å². The third-order valence-corrected chi connectivity index (χ3v) is 3.24. The fourth-order valence-corrected chi connectivity index (χ4v) is 2.27. The molecule has 0 unspecified atom stereocenters. The molecule has 1 aliphatic rings. The van der Waals surface area contributed by atoms with Gasteiger partial charge in [0.1, 0.15) is 0 Å². The number of ether oxygens (including phenoxy) is 1. The van der Waals surface area contributed by atoms with Crippen LogP contribution < -0.4 is 15.0 Å². The predicted molar refractivity (Wildman–Crippen MR) is 74.6 cm³/mol. The summed E-state index contributed by atoms with van der Waals surface area (Å²) in [4.78, 5) is 2.04. The van der Waals surface area contributed by atoms with Gasteiger partial charge in [-0.3, -0.25) is 0 Å². The monoisotopic (exact) mass is 292 g/mol. The second-order valence-electron chi connectivity index (χ2n) is 4.61. The molecule has 0 spiro atoms. The molecule has 1 aromatic carbocycles. The van der Waals surface area contributed by atoms with Crippen molar-refractivity contribution in [3.8, 4) is 5.88 Å². The Kier molecular flexibility index (Phi) is 3.81. The fraction of sp³-hybridized carbons (Fsp3) is 0.286. The Morgan fingerprint density at radius 2 is 2.00 bits per heavy atom. The van der Waals surface area contributed by atoms with Crippen LogP contribution in [0.2, 0.25) is 0 Å². The summed E-state index contributed by atoms with van der Waals surface area (Å²) in [6.07, 6.45) is 0.